The van der Waals surface area contributed by atoms with Crippen LogP contribution in [-0.4, -0.2) is 59.4 Å². The molecule has 160 valence electrons. The van der Waals surface area contributed by atoms with Crippen LogP contribution >= 0.6 is 0 Å². The van der Waals surface area contributed by atoms with Gasteiger partial charge in [-0.25, -0.2) is 0 Å². The summed E-state index contributed by atoms with van der Waals surface area (Å²) >= 11 is 0. The molecule has 2 nitrogen and oxygen atoms in total. The lowest BCUT2D eigenvalue weighted by molar-refractivity contribution is -0.419. The zero-order valence-corrected chi connectivity index (χ0v) is 13.1. The topological polar surface area (TPSA) is 6.48 Å². The minimum Gasteiger partial charge on any atom is -0.361 e. The van der Waals surface area contributed by atoms with E-state index in [-0.39, 0.29) is 6.20 Å². The lowest BCUT2D eigenvalue weighted by atomic mass is 9.94. The Hall–Kier alpha value is -1.57. The van der Waals surface area contributed by atoms with E-state index in [0.717, 1.165) is 11.9 Å². The molecule has 0 aromatic carbocycles. The van der Waals surface area contributed by atoms with Crippen molar-refractivity contribution in [2.24, 2.45) is 0 Å². The van der Waals surface area contributed by atoms with Crippen LogP contribution in [0.3, 0.4) is 0 Å². The van der Waals surface area contributed by atoms with Crippen molar-refractivity contribution < 1.29 is 57.1 Å². The van der Waals surface area contributed by atoms with E-state index in [1.165, 1.54) is 0 Å². The Morgan fingerprint density at radius 1 is 0.667 bits per heavy atom. The molecular weight excluding hydrogens is 419 g/mol. The zero-order valence-electron chi connectivity index (χ0n) is 13.1. The molecule has 0 radical (unpaired) electrons. The van der Waals surface area contributed by atoms with E-state index >= 15 is 0 Å². The van der Waals surface area contributed by atoms with Crippen LogP contribution < -0.4 is 0 Å². The number of alkyl halides is 13. The monoisotopic (exact) mass is 430 g/mol. The molecule has 1 heterocycles. The average molecular weight is 430 g/mol. The van der Waals surface area contributed by atoms with Gasteiger partial charge in [-0.05, 0) is 0 Å². The Morgan fingerprint density at radius 2 is 1.15 bits per heavy atom. The zero-order chi connectivity index (χ0) is 21.7. The molecule has 0 saturated carbocycles. The summed E-state index contributed by atoms with van der Waals surface area (Å²) in [5.41, 5.74) is 0. The van der Waals surface area contributed by atoms with Gasteiger partial charge < -0.3 is 4.90 Å². The van der Waals surface area contributed by atoms with Gasteiger partial charge >= 0.3 is 35.9 Å². The second-order valence-electron chi connectivity index (χ2n) is 5.75. The standard InChI is InChI=1S/C12H11F13N2/c1-26-4-5-27(6-26)12(24,25)11(22,23)10(20,21)9(18,19)7(13,14)2-3-8(15,16)17/h4-5H,2-3,6H2,1H3. The number of rotatable bonds is 7. The molecular formula is C12H11F13N2. The number of hydrogen-bond acceptors (Lipinski definition) is 2. The smallest absolute Gasteiger partial charge is 0.361 e. The summed E-state index contributed by atoms with van der Waals surface area (Å²) in [6.45, 7) is -1.17. The van der Waals surface area contributed by atoms with Crippen molar-refractivity contribution in [1.82, 2.24) is 9.80 Å². The van der Waals surface area contributed by atoms with Crippen LogP contribution in [0.1, 0.15) is 12.8 Å². The number of nitrogens with zero attached hydrogens (tertiary/aromatic N) is 2. The highest BCUT2D eigenvalue weighted by atomic mass is 19.4. The maximum atomic E-state index is 13.7. The highest BCUT2D eigenvalue weighted by Gasteiger charge is 2.87. The third-order valence-electron chi connectivity index (χ3n) is 3.59. The van der Waals surface area contributed by atoms with Gasteiger partial charge in [0.15, 0.2) is 0 Å². The fourth-order valence-corrected chi connectivity index (χ4v) is 1.96. The molecule has 0 N–H and O–H groups in total. The van der Waals surface area contributed by atoms with Gasteiger partial charge in [0.2, 0.25) is 0 Å². The summed E-state index contributed by atoms with van der Waals surface area (Å²) in [4.78, 5) is -0.0525. The molecule has 0 fully saturated rings. The summed E-state index contributed by atoms with van der Waals surface area (Å²) in [6, 6.07) is -6.07. The van der Waals surface area contributed by atoms with Crippen molar-refractivity contribution in [3.63, 3.8) is 0 Å². The molecule has 1 rings (SSSR count). The van der Waals surface area contributed by atoms with Gasteiger partial charge in [-0.3, -0.25) is 4.90 Å². The Kier molecular flexibility index (Phi) is 5.65. The first-order chi connectivity index (χ1) is 11.7. The third-order valence-corrected chi connectivity index (χ3v) is 3.59. The fraction of sp³-hybridized carbons (Fsp3) is 0.833. The minimum atomic E-state index is -7.40. The predicted molar refractivity (Wildman–Crippen MR) is 63.6 cm³/mol. The van der Waals surface area contributed by atoms with Crippen LogP contribution in [0.15, 0.2) is 12.4 Å². The largest absolute Gasteiger partial charge is 0.398 e. The van der Waals surface area contributed by atoms with Gasteiger partial charge in [0.1, 0.15) is 0 Å². The highest BCUT2D eigenvalue weighted by Crippen LogP contribution is 2.58. The van der Waals surface area contributed by atoms with Crippen LogP contribution in [0.4, 0.5) is 57.1 Å². The maximum absolute atomic E-state index is 13.7. The second kappa shape index (κ2) is 6.50. The first-order valence-corrected chi connectivity index (χ1v) is 6.82. The van der Waals surface area contributed by atoms with Crippen molar-refractivity contribution in [2.45, 2.75) is 48.8 Å². The highest BCUT2D eigenvalue weighted by molar-refractivity contribution is 5.10. The van der Waals surface area contributed by atoms with Gasteiger partial charge in [-0.15, -0.1) is 0 Å². The minimum absolute atomic E-state index is 0.129. The Morgan fingerprint density at radius 3 is 1.52 bits per heavy atom. The molecule has 0 amide bonds. The summed E-state index contributed by atoms with van der Waals surface area (Å²) < 4.78 is 171. The molecule has 0 aliphatic carbocycles. The number of halogens is 13. The van der Waals surface area contributed by atoms with Crippen LogP contribution in [0.5, 0.6) is 0 Å². The van der Waals surface area contributed by atoms with E-state index in [1.54, 1.807) is 0 Å². The molecule has 27 heavy (non-hydrogen) atoms. The summed E-state index contributed by atoms with van der Waals surface area (Å²) in [6.07, 6.45) is -10.4. The normalized spacial score (nSPS) is 17.9. The molecule has 0 aromatic heterocycles. The van der Waals surface area contributed by atoms with E-state index in [2.05, 4.69) is 0 Å². The first kappa shape index (κ1) is 23.5. The van der Waals surface area contributed by atoms with Crippen LogP contribution in [0.2, 0.25) is 0 Å². The van der Waals surface area contributed by atoms with E-state index in [4.69, 9.17) is 0 Å². The van der Waals surface area contributed by atoms with Crippen LogP contribution in [-0.2, 0) is 0 Å². The lowest BCUT2D eigenvalue weighted by Gasteiger charge is -2.41. The van der Waals surface area contributed by atoms with E-state index in [9.17, 15) is 57.1 Å². The van der Waals surface area contributed by atoms with E-state index < -0.39 is 60.3 Å². The molecule has 1 aliphatic rings. The van der Waals surface area contributed by atoms with Gasteiger partial charge in [0, 0.05) is 32.3 Å². The molecule has 0 spiro atoms. The van der Waals surface area contributed by atoms with Gasteiger partial charge in [0.05, 0.1) is 6.67 Å². The third kappa shape index (κ3) is 3.86. The van der Waals surface area contributed by atoms with Crippen molar-refractivity contribution >= 4 is 0 Å². The molecule has 0 aromatic rings. The molecule has 0 atom stereocenters. The SMILES string of the molecule is CN1C=CN(C(F)(F)C(F)(F)C(F)(F)C(F)(F)C(F)(F)CCC(F)(F)F)C1. The molecule has 0 saturated heterocycles. The first-order valence-electron chi connectivity index (χ1n) is 6.82. The summed E-state index contributed by atoms with van der Waals surface area (Å²) in [5.74, 6) is -28.0. The molecule has 15 heteroatoms. The maximum Gasteiger partial charge on any atom is 0.398 e. The Bertz CT molecular complexity index is 566. The Labute approximate surface area is 143 Å². The van der Waals surface area contributed by atoms with Crippen LogP contribution in [0, 0.1) is 0 Å². The summed E-state index contributed by atoms with van der Waals surface area (Å²) in [5, 5.41) is 0. The average Bonchev–Trinajstić information content (AvgIpc) is 2.91. The van der Waals surface area contributed by atoms with E-state index in [1.807, 2.05) is 0 Å². The van der Waals surface area contributed by atoms with Crippen molar-refractivity contribution in [2.75, 3.05) is 13.7 Å². The molecule has 0 bridgehead atoms. The number of hydrogen-bond donors (Lipinski definition) is 0. The van der Waals surface area contributed by atoms with Gasteiger partial charge in [-0.1, -0.05) is 0 Å². The summed E-state index contributed by atoms with van der Waals surface area (Å²) in [7, 11) is 1.02. The van der Waals surface area contributed by atoms with Gasteiger partial charge in [0.25, 0.3) is 0 Å². The second-order valence-corrected chi connectivity index (χ2v) is 5.75. The Balaban J connectivity index is 3.25. The van der Waals surface area contributed by atoms with Gasteiger partial charge in [-0.2, -0.15) is 57.1 Å². The quantitative estimate of drug-likeness (QED) is 0.408. The fourth-order valence-electron chi connectivity index (χ4n) is 1.96. The lowest BCUT2D eigenvalue weighted by Crippen LogP contribution is -2.70. The van der Waals surface area contributed by atoms with Crippen molar-refractivity contribution in [3.8, 4) is 0 Å². The molecule has 0 unspecified atom stereocenters. The van der Waals surface area contributed by atoms with Crippen molar-refractivity contribution in [1.29, 1.82) is 0 Å². The molecule has 1 aliphatic heterocycles. The van der Waals surface area contributed by atoms with E-state index in [0.29, 0.717) is 6.20 Å². The predicted octanol–water partition coefficient (Wildman–Crippen LogP) is 5.14. The van der Waals surface area contributed by atoms with Crippen molar-refractivity contribution in [3.05, 3.63) is 12.4 Å². The van der Waals surface area contributed by atoms with Crippen LogP contribution in [0.25, 0.3) is 0 Å².